The van der Waals surface area contributed by atoms with E-state index in [1.165, 1.54) is 50.9 Å². The van der Waals surface area contributed by atoms with Gasteiger partial charge in [-0.2, -0.15) is 0 Å². The summed E-state index contributed by atoms with van der Waals surface area (Å²) in [6.45, 7) is 2.35. The van der Waals surface area contributed by atoms with Crippen LogP contribution in [-0.4, -0.2) is 16.1 Å². The van der Waals surface area contributed by atoms with Crippen LogP contribution in [0.15, 0.2) is 12.5 Å². The highest BCUT2D eigenvalue weighted by Gasteiger charge is 2.23. The summed E-state index contributed by atoms with van der Waals surface area (Å²) >= 11 is 0. The molecule has 2 aliphatic rings. The minimum Gasteiger partial charge on any atom is -0.333 e. The van der Waals surface area contributed by atoms with Gasteiger partial charge in [0.05, 0.1) is 12.0 Å². The first-order valence-corrected chi connectivity index (χ1v) is 6.17. The van der Waals surface area contributed by atoms with Gasteiger partial charge in [-0.3, -0.25) is 0 Å². The smallest absolute Gasteiger partial charge is 0.0948 e. The number of rotatable bonds is 3. The summed E-state index contributed by atoms with van der Waals surface area (Å²) < 4.78 is 2.37. The van der Waals surface area contributed by atoms with E-state index >= 15 is 0 Å². The molecule has 1 aliphatic carbocycles. The average Bonchev–Trinajstić information content (AvgIpc) is 2.81. The lowest BCUT2D eigenvalue weighted by Crippen LogP contribution is -2.22. The molecular formula is C12H19N3. The van der Waals surface area contributed by atoms with Gasteiger partial charge in [-0.15, -0.1) is 0 Å². The molecule has 1 aromatic rings. The molecule has 3 rings (SSSR count). The summed E-state index contributed by atoms with van der Waals surface area (Å²) in [5.41, 5.74) is 1.40. The maximum atomic E-state index is 4.30. The van der Waals surface area contributed by atoms with E-state index in [1.54, 1.807) is 0 Å². The molecule has 2 heterocycles. The molecule has 1 saturated carbocycles. The standard InChI is InChI=1S/C12H19N3/c1-3-10(4-1)8-15-9-13-7-12(15)11-5-2-6-14-11/h7,9-11,14H,1-6,8H2/t11-/m0/s1. The monoisotopic (exact) mass is 205 g/mol. The molecule has 1 atom stereocenters. The van der Waals surface area contributed by atoms with Gasteiger partial charge in [-0.1, -0.05) is 6.42 Å². The highest BCUT2D eigenvalue weighted by Crippen LogP contribution is 2.30. The van der Waals surface area contributed by atoms with Crippen LogP contribution in [0.4, 0.5) is 0 Å². The molecule has 82 valence electrons. The Balaban J connectivity index is 1.72. The number of nitrogens with zero attached hydrogens (tertiary/aromatic N) is 2. The first kappa shape index (κ1) is 9.40. The molecule has 0 amide bonds. The molecule has 0 bridgehead atoms. The third kappa shape index (κ3) is 1.81. The molecule has 0 radical (unpaired) electrons. The van der Waals surface area contributed by atoms with E-state index in [1.807, 2.05) is 12.5 Å². The third-order valence-electron chi connectivity index (χ3n) is 3.84. The second-order valence-electron chi connectivity index (χ2n) is 4.92. The van der Waals surface area contributed by atoms with Gasteiger partial charge in [0.15, 0.2) is 0 Å². The van der Waals surface area contributed by atoms with Crippen LogP contribution >= 0.6 is 0 Å². The Morgan fingerprint density at radius 1 is 1.33 bits per heavy atom. The van der Waals surface area contributed by atoms with E-state index in [0.29, 0.717) is 6.04 Å². The summed E-state index contributed by atoms with van der Waals surface area (Å²) in [6.07, 6.45) is 10.9. The van der Waals surface area contributed by atoms with Crippen LogP contribution in [0, 0.1) is 5.92 Å². The molecule has 15 heavy (non-hydrogen) atoms. The minimum atomic E-state index is 0.563. The first-order chi connectivity index (χ1) is 7.43. The first-order valence-electron chi connectivity index (χ1n) is 6.17. The number of hydrogen-bond donors (Lipinski definition) is 1. The van der Waals surface area contributed by atoms with Crippen LogP contribution in [0.2, 0.25) is 0 Å². The average molecular weight is 205 g/mol. The van der Waals surface area contributed by atoms with Crippen LogP contribution < -0.4 is 5.32 Å². The lowest BCUT2D eigenvalue weighted by atomic mass is 9.85. The summed E-state index contributed by atoms with van der Waals surface area (Å²) in [4.78, 5) is 4.30. The van der Waals surface area contributed by atoms with Gasteiger partial charge in [0.2, 0.25) is 0 Å². The summed E-state index contributed by atoms with van der Waals surface area (Å²) in [5, 5.41) is 3.55. The molecule has 3 nitrogen and oxygen atoms in total. The lowest BCUT2D eigenvalue weighted by molar-refractivity contribution is 0.272. The van der Waals surface area contributed by atoms with E-state index in [4.69, 9.17) is 0 Å². The van der Waals surface area contributed by atoms with Crippen molar-refractivity contribution in [1.82, 2.24) is 14.9 Å². The zero-order valence-corrected chi connectivity index (χ0v) is 9.15. The van der Waals surface area contributed by atoms with Crippen LogP contribution in [0.5, 0.6) is 0 Å². The van der Waals surface area contributed by atoms with Crippen molar-refractivity contribution in [3.05, 3.63) is 18.2 Å². The van der Waals surface area contributed by atoms with Crippen molar-refractivity contribution in [1.29, 1.82) is 0 Å². The highest BCUT2D eigenvalue weighted by atomic mass is 15.1. The van der Waals surface area contributed by atoms with Crippen molar-refractivity contribution in [2.75, 3.05) is 6.54 Å². The van der Waals surface area contributed by atoms with Gasteiger partial charge in [-0.25, -0.2) is 4.98 Å². The van der Waals surface area contributed by atoms with Crippen LogP contribution in [-0.2, 0) is 6.54 Å². The van der Waals surface area contributed by atoms with Crippen molar-refractivity contribution in [3.63, 3.8) is 0 Å². The SMILES string of the molecule is c1ncn(CC2CCC2)c1[C@@H]1CCCN1. The van der Waals surface area contributed by atoms with E-state index in [2.05, 4.69) is 14.9 Å². The Morgan fingerprint density at radius 3 is 2.93 bits per heavy atom. The highest BCUT2D eigenvalue weighted by molar-refractivity contribution is 5.07. The summed E-state index contributed by atoms with van der Waals surface area (Å²) in [5.74, 6) is 0.916. The van der Waals surface area contributed by atoms with E-state index < -0.39 is 0 Å². The zero-order valence-electron chi connectivity index (χ0n) is 9.15. The second kappa shape index (κ2) is 3.97. The normalized spacial score (nSPS) is 26.8. The summed E-state index contributed by atoms with van der Waals surface area (Å²) in [7, 11) is 0. The van der Waals surface area contributed by atoms with Crippen molar-refractivity contribution in [2.24, 2.45) is 5.92 Å². The summed E-state index contributed by atoms with van der Waals surface area (Å²) in [6, 6.07) is 0.563. The Labute approximate surface area is 90.9 Å². The molecular weight excluding hydrogens is 186 g/mol. The van der Waals surface area contributed by atoms with Gasteiger partial charge in [0, 0.05) is 18.8 Å². The number of hydrogen-bond acceptors (Lipinski definition) is 2. The lowest BCUT2D eigenvalue weighted by Gasteiger charge is -2.27. The maximum absolute atomic E-state index is 4.30. The maximum Gasteiger partial charge on any atom is 0.0948 e. The van der Waals surface area contributed by atoms with Gasteiger partial charge < -0.3 is 9.88 Å². The second-order valence-corrected chi connectivity index (χ2v) is 4.92. The van der Waals surface area contributed by atoms with Crippen LogP contribution in [0.3, 0.4) is 0 Å². The molecule has 2 fully saturated rings. The van der Waals surface area contributed by atoms with Crippen molar-refractivity contribution < 1.29 is 0 Å². The molecule has 0 aromatic carbocycles. The predicted molar refractivity (Wildman–Crippen MR) is 59.5 cm³/mol. The Morgan fingerprint density at radius 2 is 2.27 bits per heavy atom. The van der Waals surface area contributed by atoms with E-state index in [0.717, 1.165) is 5.92 Å². The fourth-order valence-corrected chi connectivity index (χ4v) is 2.66. The van der Waals surface area contributed by atoms with Crippen molar-refractivity contribution in [2.45, 2.75) is 44.7 Å². The Kier molecular flexibility index (Phi) is 2.49. The van der Waals surface area contributed by atoms with Gasteiger partial charge >= 0.3 is 0 Å². The number of nitrogens with one attached hydrogen (secondary N) is 1. The predicted octanol–water partition coefficient (Wildman–Crippen LogP) is 2.11. The van der Waals surface area contributed by atoms with Gasteiger partial charge in [0.25, 0.3) is 0 Å². The van der Waals surface area contributed by atoms with Crippen molar-refractivity contribution in [3.8, 4) is 0 Å². The van der Waals surface area contributed by atoms with Gasteiger partial charge in [-0.05, 0) is 38.1 Å². The largest absolute Gasteiger partial charge is 0.333 e. The topological polar surface area (TPSA) is 29.9 Å². The van der Waals surface area contributed by atoms with Gasteiger partial charge in [0.1, 0.15) is 0 Å². The molecule has 1 saturated heterocycles. The molecule has 1 aromatic heterocycles. The number of aromatic nitrogens is 2. The van der Waals surface area contributed by atoms with E-state index in [9.17, 15) is 0 Å². The fourth-order valence-electron chi connectivity index (χ4n) is 2.66. The number of imidazole rings is 1. The molecule has 0 unspecified atom stereocenters. The Hall–Kier alpha value is -0.830. The van der Waals surface area contributed by atoms with E-state index in [-0.39, 0.29) is 0 Å². The molecule has 1 N–H and O–H groups in total. The molecule has 3 heteroatoms. The van der Waals surface area contributed by atoms with Crippen molar-refractivity contribution >= 4 is 0 Å². The van der Waals surface area contributed by atoms with Crippen LogP contribution in [0.25, 0.3) is 0 Å². The zero-order chi connectivity index (χ0) is 10.1. The quantitative estimate of drug-likeness (QED) is 0.819. The third-order valence-corrected chi connectivity index (χ3v) is 3.84. The van der Waals surface area contributed by atoms with Crippen LogP contribution in [0.1, 0.15) is 43.8 Å². The minimum absolute atomic E-state index is 0.563. The molecule has 1 aliphatic heterocycles. The molecule has 0 spiro atoms. The Bertz CT molecular complexity index is 321. The fraction of sp³-hybridized carbons (Fsp3) is 0.750.